The molecule has 1 amide bonds. The largest absolute Gasteiger partial charge is 0.316 e. The Morgan fingerprint density at radius 3 is 2.70 bits per heavy atom. The van der Waals surface area contributed by atoms with Gasteiger partial charge in [0.1, 0.15) is 5.00 Å². The van der Waals surface area contributed by atoms with Gasteiger partial charge in [0.15, 0.2) is 0 Å². The number of nitrogens with one attached hydrogen (secondary N) is 1. The highest BCUT2D eigenvalue weighted by Gasteiger charge is 2.39. The molecule has 0 saturated heterocycles. The summed E-state index contributed by atoms with van der Waals surface area (Å²) in [5, 5.41) is 3.79. The van der Waals surface area contributed by atoms with Crippen molar-refractivity contribution >= 4 is 34.2 Å². The Hall–Kier alpha value is -1.33. The fourth-order valence-corrected chi connectivity index (χ4v) is 3.21. The number of rotatable bonds is 4. The number of anilines is 1. The summed E-state index contributed by atoms with van der Waals surface area (Å²) in [5.41, 5.74) is 2.00. The minimum atomic E-state index is 0.130. The first kappa shape index (κ1) is 13.6. The van der Waals surface area contributed by atoms with E-state index in [0.29, 0.717) is 5.92 Å². The van der Waals surface area contributed by atoms with Crippen molar-refractivity contribution in [1.29, 1.82) is 0 Å². The zero-order chi connectivity index (χ0) is 14.1. The SMILES string of the molecule is CSc1ccc(-c2cc(NC(=O)C3CC3C)sn2)cc1. The lowest BCUT2D eigenvalue weighted by molar-refractivity contribution is -0.117. The number of carbonyl (C=O) groups excluding carboxylic acids is 1. The second kappa shape index (κ2) is 5.58. The van der Waals surface area contributed by atoms with Gasteiger partial charge in [-0.05, 0) is 42.3 Å². The van der Waals surface area contributed by atoms with Crippen molar-refractivity contribution in [3.05, 3.63) is 30.3 Å². The predicted molar refractivity (Wildman–Crippen MR) is 85.2 cm³/mol. The van der Waals surface area contributed by atoms with Gasteiger partial charge < -0.3 is 5.32 Å². The van der Waals surface area contributed by atoms with E-state index in [4.69, 9.17) is 0 Å². The van der Waals surface area contributed by atoms with Gasteiger partial charge in [-0.3, -0.25) is 4.79 Å². The van der Waals surface area contributed by atoms with E-state index < -0.39 is 0 Å². The molecule has 0 radical (unpaired) electrons. The van der Waals surface area contributed by atoms with Crippen LogP contribution in [0.5, 0.6) is 0 Å². The Bertz CT molecular complexity index is 621. The smallest absolute Gasteiger partial charge is 0.228 e. The Kier molecular flexibility index (Phi) is 3.81. The molecule has 1 aliphatic carbocycles. The van der Waals surface area contributed by atoms with Gasteiger partial charge in [-0.25, -0.2) is 0 Å². The molecule has 1 fully saturated rings. The third kappa shape index (κ3) is 2.88. The van der Waals surface area contributed by atoms with E-state index in [-0.39, 0.29) is 11.8 Å². The number of hydrogen-bond acceptors (Lipinski definition) is 4. The molecule has 5 heteroatoms. The van der Waals surface area contributed by atoms with Gasteiger partial charge in [0.25, 0.3) is 0 Å². The number of amides is 1. The van der Waals surface area contributed by atoms with Crippen LogP contribution in [0.3, 0.4) is 0 Å². The zero-order valence-electron chi connectivity index (χ0n) is 11.4. The lowest BCUT2D eigenvalue weighted by atomic mass is 10.1. The van der Waals surface area contributed by atoms with E-state index in [1.807, 2.05) is 6.07 Å². The zero-order valence-corrected chi connectivity index (χ0v) is 13.1. The summed E-state index contributed by atoms with van der Waals surface area (Å²) in [6, 6.07) is 10.3. The Balaban J connectivity index is 1.70. The minimum Gasteiger partial charge on any atom is -0.316 e. The van der Waals surface area contributed by atoms with Crippen LogP contribution in [0.15, 0.2) is 35.2 Å². The first-order chi connectivity index (χ1) is 9.67. The van der Waals surface area contributed by atoms with E-state index in [1.165, 1.54) is 16.4 Å². The van der Waals surface area contributed by atoms with Gasteiger partial charge in [0, 0.05) is 22.4 Å². The summed E-state index contributed by atoms with van der Waals surface area (Å²) in [5.74, 6) is 0.855. The standard InChI is InChI=1S/C15H16N2OS2/c1-9-7-12(9)15(18)16-14-8-13(17-20-14)10-3-5-11(19-2)6-4-10/h3-6,8-9,12H,7H2,1-2H3,(H,16,18). The summed E-state index contributed by atoms with van der Waals surface area (Å²) < 4.78 is 4.41. The molecule has 0 bridgehead atoms. The molecule has 3 nitrogen and oxygen atoms in total. The monoisotopic (exact) mass is 304 g/mol. The molecule has 2 atom stereocenters. The molecule has 104 valence electrons. The minimum absolute atomic E-state index is 0.130. The highest BCUT2D eigenvalue weighted by Crippen LogP contribution is 2.39. The van der Waals surface area contributed by atoms with Crippen molar-refractivity contribution in [2.75, 3.05) is 11.6 Å². The lowest BCUT2D eigenvalue weighted by Gasteiger charge is -1.99. The molecule has 2 unspecified atom stereocenters. The first-order valence-electron chi connectivity index (χ1n) is 6.59. The van der Waals surface area contributed by atoms with Crippen LogP contribution in [0.1, 0.15) is 13.3 Å². The van der Waals surface area contributed by atoms with Crippen molar-refractivity contribution < 1.29 is 4.79 Å². The number of carbonyl (C=O) groups is 1. The first-order valence-corrected chi connectivity index (χ1v) is 8.59. The van der Waals surface area contributed by atoms with Crippen LogP contribution in [0.25, 0.3) is 11.3 Å². The average Bonchev–Trinajstić information content (AvgIpc) is 3.02. The fraction of sp³-hybridized carbons (Fsp3) is 0.333. The Morgan fingerprint density at radius 2 is 2.10 bits per heavy atom. The highest BCUT2D eigenvalue weighted by molar-refractivity contribution is 7.98. The van der Waals surface area contributed by atoms with E-state index in [2.05, 4.69) is 47.1 Å². The Labute approximate surface area is 127 Å². The van der Waals surface area contributed by atoms with Gasteiger partial charge in [-0.15, -0.1) is 11.8 Å². The maximum Gasteiger partial charge on any atom is 0.228 e. The number of nitrogens with zero attached hydrogens (tertiary/aromatic N) is 1. The highest BCUT2D eigenvalue weighted by atomic mass is 32.2. The maximum atomic E-state index is 11.9. The molecule has 1 aliphatic rings. The molecule has 2 aromatic rings. The third-order valence-corrected chi connectivity index (χ3v) is 5.04. The number of aromatic nitrogens is 1. The second-order valence-electron chi connectivity index (χ2n) is 5.11. The molecule has 1 heterocycles. The summed E-state index contributed by atoms with van der Waals surface area (Å²) in [6.07, 6.45) is 3.07. The van der Waals surface area contributed by atoms with Crippen LogP contribution in [0.4, 0.5) is 5.00 Å². The van der Waals surface area contributed by atoms with Crippen LogP contribution in [0.2, 0.25) is 0 Å². The van der Waals surface area contributed by atoms with Crippen LogP contribution in [-0.2, 0) is 4.79 Å². The van der Waals surface area contributed by atoms with Crippen LogP contribution >= 0.6 is 23.3 Å². The van der Waals surface area contributed by atoms with Gasteiger partial charge in [-0.2, -0.15) is 4.37 Å². The predicted octanol–water partition coefficient (Wildman–Crippen LogP) is 4.13. The topological polar surface area (TPSA) is 42.0 Å². The average molecular weight is 304 g/mol. The van der Waals surface area contributed by atoms with Gasteiger partial charge >= 0.3 is 0 Å². The van der Waals surface area contributed by atoms with E-state index in [0.717, 1.165) is 22.7 Å². The lowest BCUT2D eigenvalue weighted by Crippen LogP contribution is -2.13. The number of thioether (sulfide) groups is 1. The normalized spacial score (nSPS) is 20.7. The molecule has 3 rings (SSSR count). The van der Waals surface area contributed by atoms with E-state index in [1.54, 1.807) is 11.8 Å². The number of hydrogen-bond donors (Lipinski definition) is 1. The summed E-state index contributed by atoms with van der Waals surface area (Å²) >= 11 is 3.06. The van der Waals surface area contributed by atoms with Crippen LogP contribution in [-0.4, -0.2) is 16.5 Å². The van der Waals surface area contributed by atoms with Crippen molar-refractivity contribution in [1.82, 2.24) is 4.37 Å². The third-order valence-electron chi connectivity index (χ3n) is 3.59. The molecular weight excluding hydrogens is 288 g/mol. The molecule has 0 aliphatic heterocycles. The summed E-state index contributed by atoms with van der Waals surface area (Å²) in [7, 11) is 0. The van der Waals surface area contributed by atoms with Crippen molar-refractivity contribution in [3.8, 4) is 11.3 Å². The van der Waals surface area contributed by atoms with E-state index >= 15 is 0 Å². The van der Waals surface area contributed by atoms with Gasteiger partial charge in [-0.1, -0.05) is 19.1 Å². The summed E-state index contributed by atoms with van der Waals surface area (Å²) in [6.45, 7) is 2.11. The molecular formula is C15H16N2OS2. The Morgan fingerprint density at radius 1 is 1.40 bits per heavy atom. The van der Waals surface area contributed by atoms with Crippen molar-refractivity contribution in [3.63, 3.8) is 0 Å². The molecule has 1 aromatic carbocycles. The molecule has 1 saturated carbocycles. The number of benzene rings is 1. The quantitative estimate of drug-likeness (QED) is 0.864. The van der Waals surface area contributed by atoms with Crippen LogP contribution < -0.4 is 5.32 Å². The molecule has 0 spiro atoms. The van der Waals surface area contributed by atoms with Crippen molar-refractivity contribution in [2.24, 2.45) is 11.8 Å². The van der Waals surface area contributed by atoms with Gasteiger partial charge in [0.2, 0.25) is 5.91 Å². The molecule has 1 N–H and O–H groups in total. The van der Waals surface area contributed by atoms with E-state index in [9.17, 15) is 4.79 Å². The second-order valence-corrected chi connectivity index (χ2v) is 6.80. The molecule has 1 aromatic heterocycles. The summed E-state index contributed by atoms with van der Waals surface area (Å²) in [4.78, 5) is 13.1. The molecule has 20 heavy (non-hydrogen) atoms. The van der Waals surface area contributed by atoms with Crippen LogP contribution in [0, 0.1) is 11.8 Å². The van der Waals surface area contributed by atoms with Crippen molar-refractivity contribution in [2.45, 2.75) is 18.2 Å². The maximum absolute atomic E-state index is 11.9. The van der Waals surface area contributed by atoms with Gasteiger partial charge in [0.05, 0.1) is 5.69 Å². The fourth-order valence-electron chi connectivity index (χ4n) is 2.13.